The van der Waals surface area contributed by atoms with Crippen molar-refractivity contribution in [3.05, 3.63) is 7.57 Å². The van der Waals surface area contributed by atoms with Crippen molar-refractivity contribution < 1.29 is 0 Å². The van der Waals surface area contributed by atoms with Gasteiger partial charge in [-0.3, -0.25) is 0 Å². The molecule has 2 aromatic heterocycles. The SMILES string of the molecule is CCCCC(CC)CSc1c(Br)sc2c(SCC(CC)CCCC)c(Br)sc12. The van der Waals surface area contributed by atoms with E-state index in [4.69, 9.17) is 0 Å². The molecule has 2 atom stereocenters. The highest BCUT2D eigenvalue weighted by atomic mass is 79.9. The summed E-state index contributed by atoms with van der Waals surface area (Å²) in [4.78, 5) is 2.95. The van der Waals surface area contributed by atoms with Crippen molar-refractivity contribution in [3.63, 3.8) is 0 Å². The van der Waals surface area contributed by atoms with E-state index in [1.165, 1.54) is 89.6 Å². The van der Waals surface area contributed by atoms with Gasteiger partial charge in [0.05, 0.1) is 26.8 Å². The molecule has 0 aromatic carbocycles. The summed E-state index contributed by atoms with van der Waals surface area (Å²) in [7, 11) is 0. The summed E-state index contributed by atoms with van der Waals surface area (Å²) in [5.41, 5.74) is 0. The van der Waals surface area contributed by atoms with Crippen molar-refractivity contribution in [2.24, 2.45) is 11.8 Å². The van der Waals surface area contributed by atoms with Crippen LogP contribution in [0, 0.1) is 11.8 Å². The van der Waals surface area contributed by atoms with Crippen LogP contribution in [-0.4, -0.2) is 11.5 Å². The maximum absolute atomic E-state index is 3.88. The van der Waals surface area contributed by atoms with Gasteiger partial charge in [0.25, 0.3) is 0 Å². The quantitative estimate of drug-likeness (QED) is 0.202. The first-order valence-corrected chi connectivity index (χ1v) is 15.9. The van der Waals surface area contributed by atoms with Crippen molar-refractivity contribution in [1.29, 1.82) is 0 Å². The molecule has 2 heterocycles. The second-order valence-corrected chi connectivity index (χ2v) is 14.3. The first-order chi connectivity index (χ1) is 13.5. The van der Waals surface area contributed by atoms with Gasteiger partial charge in [0.1, 0.15) is 0 Å². The third-order valence-electron chi connectivity index (χ3n) is 5.37. The lowest BCUT2D eigenvalue weighted by Crippen LogP contribution is -2.01. The average Bonchev–Trinajstić information content (AvgIpc) is 3.15. The molecule has 0 spiro atoms. The lowest BCUT2D eigenvalue weighted by molar-refractivity contribution is 0.499. The number of rotatable bonds is 14. The van der Waals surface area contributed by atoms with Gasteiger partial charge < -0.3 is 0 Å². The minimum absolute atomic E-state index is 0.841. The zero-order chi connectivity index (χ0) is 20.5. The molecule has 0 N–H and O–H groups in total. The molecule has 0 bridgehead atoms. The molecular weight excluding hydrogens is 552 g/mol. The standard InChI is InChI=1S/C22H34Br2S4/c1-5-9-11-15(7-3)13-25-19-17-18(28-21(19)23)20(22(24)27-17)26-14-16(8-4)12-10-6-2/h15-16H,5-14H2,1-4H3. The van der Waals surface area contributed by atoms with Gasteiger partial charge in [-0.1, -0.05) is 66.2 Å². The second-order valence-electron chi connectivity index (χ2n) is 7.52. The summed E-state index contributed by atoms with van der Waals surface area (Å²) in [5.74, 6) is 4.17. The Morgan fingerprint density at radius 1 is 0.714 bits per heavy atom. The third-order valence-corrected chi connectivity index (χ3v) is 13.0. The largest absolute Gasteiger partial charge is 0.125 e. The van der Waals surface area contributed by atoms with E-state index in [1.54, 1.807) is 0 Å². The second kappa shape index (κ2) is 13.7. The third kappa shape index (κ3) is 7.19. The van der Waals surface area contributed by atoms with E-state index < -0.39 is 0 Å². The lowest BCUT2D eigenvalue weighted by atomic mass is 10.0. The minimum Gasteiger partial charge on any atom is -0.125 e. The van der Waals surface area contributed by atoms with Crippen LogP contribution in [0.4, 0.5) is 0 Å². The van der Waals surface area contributed by atoms with Crippen LogP contribution in [0.15, 0.2) is 17.4 Å². The van der Waals surface area contributed by atoms with Crippen LogP contribution >= 0.6 is 78.1 Å². The maximum Gasteiger partial charge on any atom is 0.0855 e. The van der Waals surface area contributed by atoms with Crippen molar-refractivity contribution in [3.8, 4) is 0 Å². The van der Waals surface area contributed by atoms with Gasteiger partial charge in [-0.2, -0.15) is 0 Å². The molecule has 0 saturated carbocycles. The highest BCUT2D eigenvalue weighted by Crippen LogP contribution is 2.53. The molecule has 160 valence electrons. The number of hydrogen-bond donors (Lipinski definition) is 0. The number of thiophene rings is 2. The van der Waals surface area contributed by atoms with Crippen molar-refractivity contribution in [2.75, 3.05) is 11.5 Å². The Balaban J connectivity index is 2.09. The van der Waals surface area contributed by atoms with Gasteiger partial charge in [-0.25, -0.2) is 0 Å². The van der Waals surface area contributed by atoms with E-state index in [0.717, 1.165) is 11.8 Å². The van der Waals surface area contributed by atoms with Gasteiger partial charge in [0.15, 0.2) is 0 Å². The fourth-order valence-corrected chi connectivity index (χ4v) is 11.1. The highest BCUT2D eigenvalue weighted by molar-refractivity contribution is 9.11. The summed E-state index contributed by atoms with van der Waals surface area (Å²) in [6.45, 7) is 9.29. The Labute approximate surface area is 205 Å². The summed E-state index contributed by atoms with van der Waals surface area (Å²) in [6.07, 6.45) is 10.7. The van der Waals surface area contributed by atoms with Crippen LogP contribution in [0.25, 0.3) is 9.40 Å². The van der Waals surface area contributed by atoms with Crippen molar-refractivity contribution in [1.82, 2.24) is 0 Å². The zero-order valence-electron chi connectivity index (χ0n) is 17.6. The Hall–Kier alpha value is 1.32. The van der Waals surface area contributed by atoms with Crippen LogP contribution in [0.3, 0.4) is 0 Å². The maximum atomic E-state index is 3.88. The molecule has 0 saturated heterocycles. The molecule has 0 aliphatic heterocycles. The van der Waals surface area contributed by atoms with Crippen LogP contribution in [0.5, 0.6) is 0 Å². The summed E-state index contributed by atoms with van der Waals surface area (Å²) in [6, 6.07) is 0. The fraction of sp³-hybridized carbons (Fsp3) is 0.727. The van der Waals surface area contributed by atoms with Crippen LogP contribution in [0.1, 0.15) is 79.1 Å². The Morgan fingerprint density at radius 2 is 1.11 bits per heavy atom. The van der Waals surface area contributed by atoms with E-state index in [0.29, 0.717) is 0 Å². The molecule has 28 heavy (non-hydrogen) atoms. The Bertz CT molecular complexity index is 647. The molecule has 0 nitrogen and oxygen atoms in total. The minimum atomic E-state index is 0.841. The van der Waals surface area contributed by atoms with E-state index in [2.05, 4.69) is 83.1 Å². The van der Waals surface area contributed by atoms with E-state index in [-0.39, 0.29) is 0 Å². The first-order valence-electron chi connectivity index (χ1n) is 10.7. The molecular formula is C22H34Br2S4. The predicted octanol–water partition coefficient (Wildman–Crippen LogP) is 11.1. The highest BCUT2D eigenvalue weighted by Gasteiger charge is 2.21. The van der Waals surface area contributed by atoms with Crippen LogP contribution in [-0.2, 0) is 0 Å². The molecule has 0 aliphatic rings. The summed E-state index contributed by atoms with van der Waals surface area (Å²) in [5, 5.41) is 0. The van der Waals surface area contributed by atoms with Crippen LogP contribution < -0.4 is 0 Å². The Morgan fingerprint density at radius 3 is 1.43 bits per heavy atom. The number of thioether (sulfide) groups is 2. The van der Waals surface area contributed by atoms with E-state index in [9.17, 15) is 0 Å². The smallest absolute Gasteiger partial charge is 0.0855 e. The molecule has 2 rings (SSSR count). The average molecular weight is 587 g/mol. The fourth-order valence-electron chi connectivity index (χ4n) is 3.29. The zero-order valence-corrected chi connectivity index (χ0v) is 24.1. The van der Waals surface area contributed by atoms with Gasteiger partial charge in [0, 0.05) is 11.5 Å². The summed E-state index contributed by atoms with van der Waals surface area (Å²) < 4.78 is 5.64. The predicted molar refractivity (Wildman–Crippen MR) is 143 cm³/mol. The first kappa shape index (κ1) is 25.6. The number of fused-ring (bicyclic) bond motifs is 1. The Kier molecular flexibility index (Phi) is 12.5. The monoisotopic (exact) mass is 584 g/mol. The van der Waals surface area contributed by atoms with Gasteiger partial charge >= 0.3 is 0 Å². The van der Waals surface area contributed by atoms with E-state index >= 15 is 0 Å². The molecule has 2 aromatic rings. The summed E-state index contributed by atoms with van der Waals surface area (Å²) >= 11 is 15.8. The molecule has 0 fully saturated rings. The lowest BCUT2D eigenvalue weighted by Gasteiger charge is -2.13. The van der Waals surface area contributed by atoms with Gasteiger partial charge in [0.2, 0.25) is 0 Å². The number of unbranched alkanes of at least 4 members (excludes halogenated alkanes) is 2. The van der Waals surface area contributed by atoms with Gasteiger partial charge in [-0.15, -0.1) is 46.2 Å². The molecule has 0 amide bonds. The topological polar surface area (TPSA) is 0 Å². The van der Waals surface area contributed by atoms with Crippen LogP contribution in [0.2, 0.25) is 0 Å². The molecule has 6 heteroatoms. The molecule has 0 aliphatic carbocycles. The molecule has 2 unspecified atom stereocenters. The van der Waals surface area contributed by atoms with Gasteiger partial charge in [-0.05, 0) is 56.5 Å². The molecule has 0 radical (unpaired) electrons. The van der Waals surface area contributed by atoms with Crippen molar-refractivity contribution >= 4 is 87.5 Å². The number of halogens is 2. The van der Waals surface area contributed by atoms with Crippen molar-refractivity contribution in [2.45, 2.75) is 88.9 Å². The normalized spacial score (nSPS) is 14.1. The van der Waals surface area contributed by atoms with E-state index in [1.807, 2.05) is 22.7 Å². The number of hydrogen-bond acceptors (Lipinski definition) is 4.